The van der Waals surface area contributed by atoms with Crippen molar-refractivity contribution in [1.29, 1.82) is 0 Å². The summed E-state index contributed by atoms with van der Waals surface area (Å²) in [5.74, 6) is -0.0710. The summed E-state index contributed by atoms with van der Waals surface area (Å²) < 4.78 is 1.68. The van der Waals surface area contributed by atoms with Crippen LogP contribution in [0.3, 0.4) is 0 Å². The van der Waals surface area contributed by atoms with E-state index in [1.54, 1.807) is 23.0 Å². The van der Waals surface area contributed by atoms with Crippen LogP contribution in [0.1, 0.15) is 25.1 Å². The van der Waals surface area contributed by atoms with Crippen LogP contribution in [-0.4, -0.2) is 15.7 Å². The highest BCUT2D eigenvalue weighted by Crippen LogP contribution is 2.26. The third kappa shape index (κ3) is 2.66. The van der Waals surface area contributed by atoms with Crippen LogP contribution in [0.5, 0.6) is 0 Å². The maximum absolute atomic E-state index is 12.5. The average molecular weight is 272 g/mol. The van der Waals surface area contributed by atoms with E-state index in [0.717, 1.165) is 16.9 Å². The molecule has 0 aliphatic rings. The number of carbonyl (C=O) groups is 1. The predicted octanol–water partition coefficient (Wildman–Crippen LogP) is 2.23. The molecule has 0 bridgehead atoms. The van der Waals surface area contributed by atoms with E-state index in [-0.39, 0.29) is 5.91 Å². The van der Waals surface area contributed by atoms with E-state index < -0.39 is 5.41 Å². The summed E-state index contributed by atoms with van der Waals surface area (Å²) in [5, 5.41) is 7.15. The van der Waals surface area contributed by atoms with Crippen LogP contribution in [0.25, 0.3) is 0 Å². The Labute approximate surface area is 118 Å². The molecular weight excluding hydrogens is 252 g/mol. The fourth-order valence-electron chi connectivity index (χ4n) is 2.03. The van der Waals surface area contributed by atoms with Gasteiger partial charge in [-0.2, -0.15) is 5.10 Å². The molecule has 0 spiro atoms. The number of hydrogen-bond acceptors (Lipinski definition) is 3. The van der Waals surface area contributed by atoms with Crippen LogP contribution in [0, 0.1) is 6.92 Å². The maximum atomic E-state index is 12.5. The zero-order valence-corrected chi connectivity index (χ0v) is 12.3. The van der Waals surface area contributed by atoms with Gasteiger partial charge in [0.05, 0.1) is 16.8 Å². The number of nitrogen functional groups attached to an aromatic ring is 1. The second-order valence-corrected chi connectivity index (χ2v) is 5.50. The number of carbonyl (C=O) groups excluding carboxylic acids is 1. The standard InChI is InChI=1S/C15H20N4O/c1-10-13(9-19(4)18-10)17-14(20)15(2,3)11-5-7-12(16)8-6-11/h5-9H,16H2,1-4H3,(H,17,20). The first-order chi connectivity index (χ1) is 9.30. The minimum absolute atomic E-state index is 0.0710. The molecule has 0 fully saturated rings. The monoisotopic (exact) mass is 272 g/mol. The third-order valence-corrected chi connectivity index (χ3v) is 3.46. The highest BCUT2D eigenvalue weighted by Gasteiger charge is 2.30. The van der Waals surface area contributed by atoms with E-state index in [1.807, 2.05) is 40.0 Å². The second kappa shape index (κ2) is 5.00. The molecule has 0 radical (unpaired) electrons. The first kappa shape index (κ1) is 14.1. The Hall–Kier alpha value is -2.30. The molecular formula is C15H20N4O. The molecule has 3 N–H and O–H groups in total. The van der Waals surface area contributed by atoms with Gasteiger partial charge in [-0.25, -0.2) is 0 Å². The highest BCUT2D eigenvalue weighted by atomic mass is 16.2. The van der Waals surface area contributed by atoms with Crippen molar-refractivity contribution in [2.24, 2.45) is 7.05 Å². The molecule has 1 heterocycles. The zero-order valence-electron chi connectivity index (χ0n) is 12.3. The van der Waals surface area contributed by atoms with E-state index >= 15 is 0 Å². The van der Waals surface area contributed by atoms with E-state index in [4.69, 9.17) is 5.73 Å². The first-order valence-electron chi connectivity index (χ1n) is 6.48. The molecule has 2 aromatic rings. The van der Waals surface area contributed by atoms with Gasteiger partial charge in [-0.15, -0.1) is 0 Å². The Kier molecular flexibility index (Phi) is 3.53. The normalized spacial score (nSPS) is 11.4. The van der Waals surface area contributed by atoms with Gasteiger partial charge in [0.1, 0.15) is 0 Å². The number of rotatable bonds is 3. The van der Waals surface area contributed by atoms with E-state index in [2.05, 4.69) is 10.4 Å². The van der Waals surface area contributed by atoms with Gasteiger partial charge < -0.3 is 11.1 Å². The number of aromatic nitrogens is 2. The lowest BCUT2D eigenvalue weighted by molar-refractivity contribution is -0.120. The van der Waals surface area contributed by atoms with Crippen molar-refractivity contribution in [3.05, 3.63) is 41.7 Å². The lowest BCUT2D eigenvalue weighted by Gasteiger charge is -2.24. The average Bonchev–Trinajstić information content (AvgIpc) is 2.68. The Balaban J connectivity index is 2.23. The molecule has 2 rings (SSSR count). The molecule has 1 aromatic carbocycles. The molecule has 0 aliphatic heterocycles. The fourth-order valence-corrected chi connectivity index (χ4v) is 2.03. The fraction of sp³-hybridized carbons (Fsp3) is 0.333. The van der Waals surface area contributed by atoms with E-state index in [9.17, 15) is 4.79 Å². The highest BCUT2D eigenvalue weighted by molar-refractivity contribution is 5.98. The topological polar surface area (TPSA) is 72.9 Å². The van der Waals surface area contributed by atoms with Crippen LogP contribution in [0.4, 0.5) is 11.4 Å². The predicted molar refractivity (Wildman–Crippen MR) is 80.5 cm³/mol. The van der Waals surface area contributed by atoms with E-state index in [0.29, 0.717) is 5.69 Å². The van der Waals surface area contributed by atoms with E-state index in [1.165, 1.54) is 0 Å². The number of amides is 1. The molecule has 0 unspecified atom stereocenters. The smallest absolute Gasteiger partial charge is 0.234 e. The van der Waals surface area contributed by atoms with Crippen molar-refractivity contribution in [3.8, 4) is 0 Å². The summed E-state index contributed by atoms with van der Waals surface area (Å²) in [6.45, 7) is 5.64. The number of nitrogens with one attached hydrogen (secondary N) is 1. The van der Waals surface area contributed by atoms with Gasteiger partial charge in [-0.1, -0.05) is 12.1 Å². The Bertz CT molecular complexity index is 626. The molecule has 0 atom stereocenters. The number of benzene rings is 1. The molecule has 106 valence electrons. The molecule has 5 nitrogen and oxygen atoms in total. The number of nitrogens with two attached hydrogens (primary N) is 1. The molecule has 0 saturated heterocycles. The summed E-state index contributed by atoms with van der Waals surface area (Å²) in [7, 11) is 1.83. The molecule has 5 heteroatoms. The quantitative estimate of drug-likeness (QED) is 0.841. The van der Waals surface area contributed by atoms with Crippen LogP contribution in [0.15, 0.2) is 30.5 Å². The number of hydrogen-bond donors (Lipinski definition) is 2. The van der Waals surface area contributed by atoms with Gasteiger partial charge in [0.15, 0.2) is 0 Å². The van der Waals surface area contributed by atoms with Crippen LogP contribution in [-0.2, 0) is 17.3 Å². The van der Waals surface area contributed by atoms with Crippen molar-refractivity contribution >= 4 is 17.3 Å². The molecule has 0 saturated carbocycles. The summed E-state index contributed by atoms with van der Waals surface area (Å²) >= 11 is 0. The van der Waals surface area contributed by atoms with Gasteiger partial charge in [-0.05, 0) is 38.5 Å². The molecule has 0 aliphatic carbocycles. The summed E-state index contributed by atoms with van der Waals surface area (Å²) in [6.07, 6.45) is 1.80. The maximum Gasteiger partial charge on any atom is 0.234 e. The Morgan fingerprint density at radius 3 is 2.40 bits per heavy atom. The Morgan fingerprint density at radius 1 is 1.30 bits per heavy atom. The zero-order chi connectivity index (χ0) is 14.9. The minimum atomic E-state index is -0.643. The summed E-state index contributed by atoms with van der Waals surface area (Å²) in [5.41, 5.74) is 8.18. The SMILES string of the molecule is Cc1nn(C)cc1NC(=O)C(C)(C)c1ccc(N)cc1. The molecule has 1 amide bonds. The lowest BCUT2D eigenvalue weighted by Crippen LogP contribution is -2.34. The summed E-state index contributed by atoms with van der Waals surface area (Å²) in [6, 6.07) is 7.37. The number of anilines is 2. The largest absolute Gasteiger partial charge is 0.399 e. The minimum Gasteiger partial charge on any atom is -0.399 e. The molecule has 20 heavy (non-hydrogen) atoms. The Morgan fingerprint density at radius 2 is 1.90 bits per heavy atom. The van der Waals surface area contributed by atoms with Crippen LogP contribution in [0.2, 0.25) is 0 Å². The van der Waals surface area contributed by atoms with Crippen molar-refractivity contribution in [2.75, 3.05) is 11.1 Å². The van der Waals surface area contributed by atoms with Gasteiger partial charge in [0, 0.05) is 18.9 Å². The number of nitrogens with zero attached hydrogens (tertiary/aromatic N) is 2. The van der Waals surface area contributed by atoms with Gasteiger partial charge in [-0.3, -0.25) is 9.48 Å². The first-order valence-corrected chi connectivity index (χ1v) is 6.48. The van der Waals surface area contributed by atoms with Crippen molar-refractivity contribution < 1.29 is 4.79 Å². The van der Waals surface area contributed by atoms with Crippen LogP contribution >= 0.6 is 0 Å². The van der Waals surface area contributed by atoms with Crippen molar-refractivity contribution in [2.45, 2.75) is 26.2 Å². The van der Waals surface area contributed by atoms with Crippen molar-refractivity contribution in [1.82, 2.24) is 9.78 Å². The lowest BCUT2D eigenvalue weighted by atomic mass is 9.83. The second-order valence-electron chi connectivity index (χ2n) is 5.50. The molecule has 1 aromatic heterocycles. The van der Waals surface area contributed by atoms with Crippen molar-refractivity contribution in [3.63, 3.8) is 0 Å². The van der Waals surface area contributed by atoms with Gasteiger partial charge in [0.2, 0.25) is 5.91 Å². The summed E-state index contributed by atoms with van der Waals surface area (Å²) in [4.78, 5) is 12.5. The third-order valence-electron chi connectivity index (χ3n) is 3.46. The van der Waals surface area contributed by atoms with Gasteiger partial charge in [0.25, 0.3) is 0 Å². The van der Waals surface area contributed by atoms with Gasteiger partial charge >= 0.3 is 0 Å². The van der Waals surface area contributed by atoms with Crippen LogP contribution < -0.4 is 11.1 Å². The number of aryl methyl sites for hydroxylation is 2.